The number of aliphatic carboxylic acids is 1. The molecular formula is C23H27NO4S. The summed E-state index contributed by atoms with van der Waals surface area (Å²) in [6.07, 6.45) is 10.5. The number of nitrogens with one attached hydrogen (secondary N) is 1. The van der Waals surface area contributed by atoms with Crippen LogP contribution in [0, 0.1) is 17.8 Å². The molecule has 2 aliphatic carbocycles. The van der Waals surface area contributed by atoms with E-state index in [9.17, 15) is 14.7 Å². The van der Waals surface area contributed by atoms with Crippen molar-refractivity contribution in [2.45, 2.75) is 51.0 Å². The van der Waals surface area contributed by atoms with Crippen LogP contribution in [0.15, 0.2) is 35.7 Å². The highest BCUT2D eigenvalue weighted by molar-refractivity contribution is 7.17. The zero-order valence-corrected chi connectivity index (χ0v) is 17.2. The first kappa shape index (κ1) is 20.0. The number of fused-ring (bicyclic) bond motifs is 3. The van der Waals surface area contributed by atoms with Crippen LogP contribution in [0.4, 0.5) is 0 Å². The second-order valence-corrected chi connectivity index (χ2v) is 9.23. The van der Waals surface area contributed by atoms with Crippen LogP contribution in [0.1, 0.15) is 55.3 Å². The molecule has 0 aliphatic heterocycles. The minimum Gasteiger partial charge on any atom is -0.508 e. The van der Waals surface area contributed by atoms with Gasteiger partial charge < -0.3 is 15.5 Å². The Morgan fingerprint density at radius 1 is 1.21 bits per heavy atom. The van der Waals surface area contributed by atoms with Crippen molar-refractivity contribution in [1.82, 2.24) is 5.32 Å². The highest BCUT2D eigenvalue weighted by Gasteiger charge is 2.47. The summed E-state index contributed by atoms with van der Waals surface area (Å²) >= 11 is 1.52. The molecule has 2 bridgehead atoms. The van der Waals surface area contributed by atoms with Crippen molar-refractivity contribution in [3.63, 3.8) is 0 Å². The summed E-state index contributed by atoms with van der Waals surface area (Å²) in [5, 5.41) is 24.5. The standard InChI is InChI=1S/C23H27NO4S/c25-16-9-10-20-18(12-16)19(13-29-20)23(28)24-22-15-8-7-14(11-15)17(22)5-3-1-2-4-6-21(26)27/h1,3,9-10,12-15,17,22,25H,2,4-8,11H2,(H,24,28)(H,26,27)/t14?,15-,17?,22?/m0/s1. The van der Waals surface area contributed by atoms with Crippen molar-refractivity contribution in [3.8, 4) is 5.75 Å². The lowest BCUT2D eigenvalue weighted by atomic mass is 9.82. The zero-order chi connectivity index (χ0) is 20.4. The van der Waals surface area contributed by atoms with E-state index in [1.165, 1.54) is 30.6 Å². The number of phenolic OH excluding ortho intramolecular Hbond substituents is 1. The molecule has 0 saturated heterocycles. The first-order valence-corrected chi connectivity index (χ1v) is 11.3. The fourth-order valence-electron chi connectivity index (χ4n) is 5.14. The van der Waals surface area contributed by atoms with Crippen molar-refractivity contribution in [2.75, 3.05) is 0 Å². The van der Waals surface area contributed by atoms with E-state index in [2.05, 4.69) is 17.5 Å². The number of thiophene rings is 1. The summed E-state index contributed by atoms with van der Waals surface area (Å²) in [5.74, 6) is 1.05. The maximum absolute atomic E-state index is 13.0. The van der Waals surface area contributed by atoms with E-state index in [0.29, 0.717) is 29.7 Å². The molecule has 3 N–H and O–H groups in total. The fraction of sp³-hybridized carbons (Fsp3) is 0.478. The molecule has 1 amide bonds. The van der Waals surface area contributed by atoms with Gasteiger partial charge in [0.05, 0.1) is 5.56 Å². The Hall–Kier alpha value is -2.34. The molecule has 0 radical (unpaired) electrons. The second kappa shape index (κ2) is 8.57. The average Bonchev–Trinajstić information content (AvgIpc) is 3.39. The number of benzene rings is 1. The molecule has 4 rings (SSSR count). The Morgan fingerprint density at radius 3 is 2.86 bits per heavy atom. The van der Waals surface area contributed by atoms with Gasteiger partial charge in [0.15, 0.2) is 0 Å². The number of carbonyl (C=O) groups excluding carboxylic acids is 1. The third kappa shape index (κ3) is 4.32. The van der Waals surface area contributed by atoms with E-state index >= 15 is 0 Å². The molecule has 154 valence electrons. The first-order valence-electron chi connectivity index (χ1n) is 10.4. The molecule has 2 aliphatic rings. The number of rotatable bonds is 8. The Kier molecular flexibility index (Phi) is 5.90. The van der Waals surface area contributed by atoms with Crippen molar-refractivity contribution in [3.05, 3.63) is 41.3 Å². The summed E-state index contributed by atoms with van der Waals surface area (Å²) in [7, 11) is 0. The van der Waals surface area contributed by atoms with Gasteiger partial charge in [-0.3, -0.25) is 9.59 Å². The van der Waals surface area contributed by atoms with E-state index < -0.39 is 5.97 Å². The van der Waals surface area contributed by atoms with Crippen LogP contribution in [0.3, 0.4) is 0 Å². The number of hydrogen-bond acceptors (Lipinski definition) is 4. The molecule has 2 aromatic rings. The Labute approximate surface area is 174 Å². The normalized spacial score (nSPS) is 25.8. The lowest BCUT2D eigenvalue weighted by Crippen LogP contribution is -2.43. The number of phenols is 1. The van der Waals surface area contributed by atoms with Gasteiger partial charge in [-0.15, -0.1) is 11.3 Å². The number of carbonyl (C=O) groups is 2. The third-order valence-electron chi connectivity index (χ3n) is 6.52. The molecular weight excluding hydrogens is 386 g/mol. The highest BCUT2D eigenvalue weighted by atomic mass is 32.1. The van der Waals surface area contributed by atoms with Crippen LogP contribution in [0.5, 0.6) is 5.75 Å². The summed E-state index contributed by atoms with van der Waals surface area (Å²) in [6.45, 7) is 0. The number of unbranched alkanes of at least 4 members (excludes halogenated alkanes) is 1. The van der Waals surface area contributed by atoms with Gasteiger partial charge in [-0.2, -0.15) is 0 Å². The van der Waals surface area contributed by atoms with Crippen LogP contribution in [-0.2, 0) is 4.79 Å². The van der Waals surface area contributed by atoms with Crippen molar-refractivity contribution in [1.29, 1.82) is 0 Å². The number of hydrogen-bond donors (Lipinski definition) is 3. The molecule has 1 heterocycles. The maximum Gasteiger partial charge on any atom is 0.303 e. The lowest BCUT2D eigenvalue weighted by molar-refractivity contribution is -0.137. The van der Waals surface area contributed by atoms with E-state index in [0.717, 1.165) is 22.9 Å². The van der Waals surface area contributed by atoms with E-state index in [4.69, 9.17) is 5.11 Å². The van der Waals surface area contributed by atoms with Crippen LogP contribution in [0.2, 0.25) is 0 Å². The molecule has 0 spiro atoms. The van der Waals surface area contributed by atoms with Crippen LogP contribution >= 0.6 is 11.3 Å². The van der Waals surface area contributed by atoms with Gasteiger partial charge in [0.25, 0.3) is 5.91 Å². The molecule has 29 heavy (non-hydrogen) atoms. The highest BCUT2D eigenvalue weighted by Crippen LogP contribution is 2.50. The van der Waals surface area contributed by atoms with Gasteiger partial charge in [-0.05, 0) is 74.5 Å². The van der Waals surface area contributed by atoms with Crippen LogP contribution < -0.4 is 5.32 Å². The van der Waals surface area contributed by atoms with Crippen molar-refractivity contribution in [2.24, 2.45) is 17.8 Å². The predicted octanol–water partition coefficient (Wildman–Crippen LogP) is 4.95. The van der Waals surface area contributed by atoms with Crippen LogP contribution in [0.25, 0.3) is 10.1 Å². The van der Waals surface area contributed by atoms with Crippen molar-refractivity contribution >= 4 is 33.3 Å². The molecule has 2 fully saturated rings. The van der Waals surface area contributed by atoms with Gasteiger partial charge in [0.1, 0.15) is 5.75 Å². The smallest absolute Gasteiger partial charge is 0.303 e. The van der Waals surface area contributed by atoms with Crippen LogP contribution in [-0.4, -0.2) is 28.1 Å². The summed E-state index contributed by atoms with van der Waals surface area (Å²) in [4.78, 5) is 23.6. The molecule has 5 nitrogen and oxygen atoms in total. The van der Waals surface area contributed by atoms with Gasteiger partial charge in [-0.25, -0.2) is 0 Å². The zero-order valence-electron chi connectivity index (χ0n) is 16.3. The molecule has 1 aromatic carbocycles. The van der Waals surface area contributed by atoms with Gasteiger partial charge in [-0.1, -0.05) is 12.2 Å². The monoisotopic (exact) mass is 413 g/mol. The summed E-state index contributed by atoms with van der Waals surface area (Å²) < 4.78 is 1.00. The Bertz CT molecular complexity index is 934. The van der Waals surface area contributed by atoms with E-state index in [1.807, 2.05) is 11.4 Å². The molecule has 6 heteroatoms. The topological polar surface area (TPSA) is 86.6 Å². The Morgan fingerprint density at radius 2 is 2.03 bits per heavy atom. The Balaban J connectivity index is 1.41. The second-order valence-electron chi connectivity index (χ2n) is 8.32. The molecule has 1 aromatic heterocycles. The first-order chi connectivity index (χ1) is 14.0. The average molecular weight is 414 g/mol. The summed E-state index contributed by atoms with van der Waals surface area (Å²) in [6, 6.07) is 5.35. The van der Waals surface area contributed by atoms with Gasteiger partial charge >= 0.3 is 5.97 Å². The van der Waals surface area contributed by atoms with Gasteiger partial charge in [0, 0.05) is 27.9 Å². The molecule has 3 unspecified atom stereocenters. The third-order valence-corrected chi connectivity index (χ3v) is 7.49. The maximum atomic E-state index is 13.0. The minimum absolute atomic E-state index is 0.0464. The number of carboxylic acids is 1. The number of aromatic hydroxyl groups is 1. The minimum atomic E-state index is -0.747. The fourth-order valence-corrected chi connectivity index (χ4v) is 6.06. The molecule has 2 saturated carbocycles. The SMILES string of the molecule is O=C(O)CCCC=CCC1C2CC[C@@H](C2)C1NC(=O)c1csc2ccc(O)cc12. The molecule has 4 atom stereocenters. The largest absolute Gasteiger partial charge is 0.508 e. The quantitative estimate of drug-likeness (QED) is 0.422. The number of amides is 1. The van der Waals surface area contributed by atoms with Crippen molar-refractivity contribution < 1.29 is 19.8 Å². The summed E-state index contributed by atoms with van der Waals surface area (Å²) in [5.41, 5.74) is 0.645. The van der Waals surface area contributed by atoms with E-state index in [-0.39, 0.29) is 24.1 Å². The number of allylic oxidation sites excluding steroid dienone is 2. The van der Waals surface area contributed by atoms with Gasteiger partial charge in [0.2, 0.25) is 0 Å². The van der Waals surface area contributed by atoms with E-state index in [1.54, 1.807) is 12.1 Å². The number of carboxylic acid groups (broad SMARTS) is 1. The predicted molar refractivity (Wildman–Crippen MR) is 114 cm³/mol. The lowest BCUT2D eigenvalue weighted by Gasteiger charge is -2.31.